The van der Waals surface area contributed by atoms with Gasteiger partial charge in [-0.25, -0.2) is 0 Å². The van der Waals surface area contributed by atoms with E-state index in [9.17, 15) is 14.9 Å². The summed E-state index contributed by atoms with van der Waals surface area (Å²) < 4.78 is 7.42. The number of nitriles is 1. The fraction of sp³-hybridized carbons (Fsp3) is 0.524. The number of carbonyl (C=O) groups is 1. The van der Waals surface area contributed by atoms with Gasteiger partial charge in [-0.15, -0.1) is 0 Å². The van der Waals surface area contributed by atoms with Gasteiger partial charge in [0, 0.05) is 57.0 Å². The summed E-state index contributed by atoms with van der Waals surface area (Å²) in [6.07, 6.45) is 2.51. The Hall–Kier alpha value is -1.80. The Bertz CT molecular complexity index is 1010. The first-order valence-electron chi connectivity index (χ1n) is 10.2. The number of pyridine rings is 1. The van der Waals surface area contributed by atoms with Crippen molar-refractivity contribution in [3.63, 3.8) is 0 Å². The predicted octanol–water partition coefficient (Wildman–Crippen LogP) is 2.75. The number of hydrogen-bond donors (Lipinski definition) is 0. The largest absolute Gasteiger partial charge is 0.382 e. The number of thioether (sulfide) groups is 2. The fourth-order valence-corrected chi connectivity index (χ4v) is 5.86. The smallest absolute Gasteiger partial charge is 0.270 e. The van der Waals surface area contributed by atoms with Crippen LogP contribution in [-0.4, -0.2) is 64.0 Å². The van der Waals surface area contributed by atoms with Crippen molar-refractivity contribution < 1.29 is 9.53 Å². The Labute approximate surface area is 196 Å². The molecule has 7 nitrogen and oxygen atoms in total. The molecule has 0 aromatic carbocycles. The first kappa shape index (κ1) is 23.9. The molecule has 0 atom stereocenters. The third kappa shape index (κ3) is 5.00. The molecule has 31 heavy (non-hydrogen) atoms. The average Bonchev–Trinajstić information content (AvgIpc) is 3.03. The molecule has 0 aliphatic carbocycles. The molecule has 2 saturated heterocycles. The topological polar surface area (TPSA) is 78.6 Å². The zero-order chi connectivity index (χ0) is 22.5. The van der Waals surface area contributed by atoms with Gasteiger partial charge < -0.3 is 9.64 Å². The Morgan fingerprint density at radius 2 is 2.00 bits per heavy atom. The first-order valence-corrected chi connectivity index (χ1v) is 12.6. The van der Waals surface area contributed by atoms with Gasteiger partial charge in [0.2, 0.25) is 0 Å². The highest BCUT2D eigenvalue weighted by Gasteiger charge is 2.33. The Morgan fingerprint density at radius 3 is 2.65 bits per heavy atom. The first-order chi connectivity index (χ1) is 14.9. The van der Waals surface area contributed by atoms with Crippen LogP contribution in [0.15, 0.2) is 9.70 Å². The molecule has 1 aromatic heterocycles. The molecule has 0 spiro atoms. The number of aromatic nitrogens is 1. The molecule has 166 valence electrons. The van der Waals surface area contributed by atoms with Crippen molar-refractivity contribution in [3.8, 4) is 6.07 Å². The van der Waals surface area contributed by atoms with Crippen LogP contribution in [0.25, 0.3) is 6.08 Å². The zero-order valence-corrected chi connectivity index (χ0v) is 20.4. The van der Waals surface area contributed by atoms with Gasteiger partial charge in [0.15, 0.2) is 0 Å². The number of hydrogen-bond acceptors (Lipinski definition) is 8. The molecule has 0 radical (unpaired) electrons. The normalized spacial score (nSPS) is 18.2. The van der Waals surface area contributed by atoms with E-state index < -0.39 is 0 Å². The minimum absolute atomic E-state index is 0.107. The zero-order valence-electron chi connectivity index (χ0n) is 18.0. The third-order valence-corrected chi connectivity index (χ3v) is 7.62. The highest BCUT2D eigenvalue weighted by atomic mass is 32.2. The summed E-state index contributed by atoms with van der Waals surface area (Å²) in [5, 5.41) is 9.57. The average molecular weight is 479 g/mol. The van der Waals surface area contributed by atoms with Gasteiger partial charge in [0.1, 0.15) is 21.8 Å². The second kappa shape index (κ2) is 10.7. The van der Waals surface area contributed by atoms with Crippen LogP contribution < -0.4 is 10.5 Å². The van der Waals surface area contributed by atoms with E-state index in [1.54, 1.807) is 24.9 Å². The summed E-state index contributed by atoms with van der Waals surface area (Å²) in [5.41, 5.74) is 1.13. The van der Waals surface area contributed by atoms with E-state index in [0.717, 1.165) is 36.0 Å². The lowest BCUT2D eigenvalue weighted by atomic mass is 10.0. The second-order valence-electron chi connectivity index (χ2n) is 7.20. The molecular weight excluding hydrogens is 452 g/mol. The summed E-state index contributed by atoms with van der Waals surface area (Å²) in [5.74, 6) is 2.55. The van der Waals surface area contributed by atoms with Gasteiger partial charge >= 0.3 is 0 Å². The predicted molar refractivity (Wildman–Crippen MR) is 132 cm³/mol. The number of anilines is 1. The van der Waals surface area contributed by atoms with Crippen LogP contribution in [0.5, 0.6) is 0 Å². The van der Waals surface area contributed by atoms with Crippen molar-refractivity contribution in [1.82, 2.24) is 9.47 Å². The van der Waals surface area contributed by atoms with Crippen LogP contribution in [-0.2, 0) is 16.6 Å². The summed E-state index contributed by atoms with van der Waals surface area (Å²) in [6.45, 7) is 7.06. The number of carbonyl (C=O) groups excluding carboxylic acids is 1. The second-order valence-corrected chi connectivity index (χ2v) is 10.1. The number of nitrogens with zero attached hydrogens (tertiary/aromatic N) is 4. The van der Waals surface area contributed by atoms with Crippen LogP contribution in [0.3, 0.4) is 0 Å². The number of rotatable bonds is 7. The minimum Gasteiger partial charge on any atom is -0.382 e. The number of ether oxygens (including phenoxy) is 1. The van der Waals surface area contributed by atoms with Crippen LogP contribution in [0.2, 0.25) is 0 Å². The van der Waals surface area contributed by atoms with Crippen molar-refractivity contribution in [2.24, 2.45) is 7.05 Å². The van der Waals surface area contributed by atoms with E-state index >= 15 is 0 Å². The van der Waals surface area contributed by atoms with E-state index in [4.69, 9.17) is 17.0 Å². The van der Waals surface area contributed by atoms with Gasteiger partial charge in [-0.05, 0) is 31.9 Å². The van der Waals surface area contributed by atoms with E-state index in [2.05, 4.69) is 4.90 Å². The van der Waals surface area contributed by atoms with E-state index in [-0.39, 0.29) is 17.0 Å². The molecule has 1 amide bonds. The molecule has 3 heterocycles. The third-order valence-electron chi connectivity index (χ3n) is 5.30. The maximum absolute atomic E-state index is 13.0. The molecule has 0 unspecified atom stereocenters. The molecular formula is C21H26N4O3S3. The Morgan fingerprint density at radius 1 is 1.29 bits per heavy atom. The lowest BCUT2D eigenvalue weighted by molar-refractivity contribution is -0.122. The summed E-state index contributed by atoms with van der Waals surface area (Å²) in [4.78, 5) is 30.1. The standard InChI is InChI=1S/C21H26N4O3S3/c1-4-28-9-5-6-25-20(27)17(31-21(25)29)12-15-14(2)16(13-22)19(26)23(3)18(15)24-7-10-30-11-8-24/h12H,4-11H2,1-3H3/b17-12-. The highest BCUT2D eigenvalue weighted by molar-refractivity contribution is 8.26. The minimum atomic E-state index is -0.311. The van der Waals surface area contributed by atoms with Crippen molar-refractivity contribution in [3.05, 3.63) is 31.9 Å². The molecule has 0 saturated carbocycles. The Balaban J connectivity index is 2.02. The van der Waals surface area contributed by atoms with E-state index in [0.29, 0.717) is 41.0 Å². The lowest BCUT2D eigenvalue weighted by Crippen LogP contribution is -2.38. The molecule has 2 aliphatic rings. The number of thiocarbonyl (C=S) groups is 1. The lowest BCUT2D eigenvalue weighted by Gasteiger charge is -2.32. The molecule has 0 N–H and O–H groups in total. The monoisotopic (exact) mass is 478 g/mol. The van der Waals surface area contributed by atoms with E-state index in [1.807, 2.05) is 24.8 Å². The van der Waals surface area contributed by atoms with Gasteiger partial charge in [-0.2, -0.15) is 17.0 Å². The molecule has 3 rings (SSSR count). The van der Waals surface area contributed by atoms with Crippen molar-refractivity contribution >= 4 is 57.9 Å². The van der Waals surface area contributed by atoms with Crippen LogP contribution >= 0.6 is 35.7 Å². The SMILES string of the molecule is CCOCCCN1C(=O)/C(=C/c2c(C)c(C#N)c(=O)n(C)c2N2CCSCC2)SC1=S. The maximum Gasteiger partial charge on any atom is 0.270 e. The highest BCUT2D eigenvalue weighted by Crippen LogP contribution is 2.36. The number of amides is 1. The van der Waals surface area contributed by atoms with Crippen molar-refractivity contribution in [2.45, 2.75) is 20.3 Å². The van der Waals surface area contributed by atoms with Gasteiger partial charge in [0.25, 0.3) is 11.5 Å². The van der Waals surface area contributed by atoms with E-state index in [1.165, 1.54) is 16.3 Å². The summed E-state index contributed by atoms with van der Waals surface area (Å²) in [7, 11) is 1.69. The van der Waals surface area contributed by atoms with Crippen LogP contribution in [0.4, 0.5) is 5.82 Å². The van der Waals surface area contributed by atoms with Gasteiger partial charge in [0.05, 0.1) is 4.91 Å². The quantitative estimate of drug-likeness (QED) is 0.336. The molecule has 10 heteroatoms. The summed E-state index contributed by atoms with van der Waals surface area (Å²) >= 11 is 8.58. The van der Waals surface area contributed by atoms with Crippen molar-refractivity contribution in [2.75, 3.05) is 49.3 Å². The summed E-state index contributed by atoms with van der Waals surface area (Å²) in [6, 6.07) is 2.04. The molecule has 2 aliphatic heterocycles. The van der Waals surface area contributed by atoms with Crippen LogP contribution in [0.1, 0.15) is 30.0 Å². The fourth-order valence-electron chi connectivity index (χ4n) is 3.66. The Kier molecular flexibility index (Phi) is 8.22. The van der Waals surface area contributed by atoms with Crippen LogP contribution in [0, 0.1) is 18.3 Å². The molecule has 1 aromatic rings. The molecule has 0 bridgehead atoms. The molecule has 2 fully saturated rings. The van der Waals surface area contributed by atoms with Gasteiger partial charge in [-0.3, -0.25) is 19.1 Å². The van der Waals surface area contributed by atoms with Gasteiger partial charge in [-0.1, -0.05) is 24.0 Å². The maximum atomic E-state index is 13.0. The van der Waals surface area contributed by atoms with Crippen molar-refractivity contribution in [1.29, 1.82) is 5.26 Å².